The molecule has 92 valence electrons. The quantitative estimate of drug-likeness (QED) is 0.816. The predicted molar refractivity (Wildman–Crippen MR) is 71.2 cm³/mol. The Hall–Kier alpha value is -1.90. The van der Waals surface area contributed by atoms with Gasteiger partial charge in [0.05, 0.1) is 5.69 Å². The molecule has 18 heavy (non-hydrogen) atoms. The lowest BCUT2D eigenvalue weighted by atomic mass is 10.1. The highest BCUT2D eigenvalue weighted by atomic mass is 15.1. The Bertz CT molecular complexity index is 623. The van der Waals surface area contributed by atoms with Crippen LogP contribution in [0.2, 0.25) is 0 Å². The van der Waals surface area contributed by atoms with Gasteiger partial charge in [0.15, 0.2) is 0 Å². The molecule has 1 aliphatic rings. The second-order valence-electron chi connectivity index (χ2n) is 4.92. The van der Waals surface area contributed by atoms with Crippen LogP contribution in [-0.4, -0.2) is 9.55 Å². The van der Waals surface area contributed by atoms with E-state index >= 15 is 0 Å². The predicted octanol–water partition coefficient (Wildman–Crippen LogP) is 2.67. The third kappa shape index (κ3) is 1.96. The lowest BCUT2D eigenvalue weighted by Crippen LogP contribution is -2.22. The van der Waals surface area contributed by atoms with Crippen molar-refractivity contribution in [3.8, 4) is 11.3 Å². The Balaban J connectivity index is 2.19. The van der Waals surface area contributed by atoms with Crippen LogP contribution in [0.1, 0.15) is 24.2 Å². The summed E-state index contributed by atoms with van der Waals surface area (Å²) < 4.78 is 2.27. The highest BCUT2D eigenvalue weighted by Crippen LogP contribution is 2.23. The van der Waals surface area contributed by atoms with Crippen molar-refractivity contribution in [2.45, 2.75) is 32.7 Å². The van der Waals surface area contributed by atoms with Crippen LogP contribution in [0.5, 0.6) is 0 Å². The van der Waals surface area contributed by atoms with Gasteiger partial charge < -0.3 is 4.57 Å². The number of nitrogens with one attached hydrogen (secondary N) is 1. The topological polar surface area (TPSA) is 41.7 Å². The monoisotopic (exact) mass is 239 g/mol. The van der Waals surface area contributed by atoms with E-state index in [0.29, 0.717) is 5.49 Å². The maximum Gasteiger partial charge on any atom is 0.148 e. The van der Waals surface area contributed by atoms with Crippen molar-refractivity contribution in [1.29, 1.82) is 5.41 Å². The molecule has 2 aromatic rings. The summed E-state index contributed by atoms with van der Waals surface area (Å²) in [5, 5.41) is 7.84. The Morgan fingerprint density at radius 2 is 1.94 bits per heavy atom. The van der Waals surface area contributed by atoms with Gasteiger partial charge in [-0.15, -0.1) is 0 Å². The molecule has 0 fully saturated rings. The van der Waals surface area contributed by atoms with E-state index in [0.717, 1.165) is 24.5 Å². The lowest BCUT2D eigenvalue weighted by molar-refractivity contribution is 0.508. The normalized spacial score (nSPS) is 14.3. The van der Waals surface area contributed by atoms with E-state index in [4.69, 9.17) is 5.41 Å². The van der Waals surface area contributed by atoms with Crippen LogP contribution in [-0.2, 0) is 13.0 Å². The van der Waals surface area contributed by atoms with Gasteiger partial charge in [-0.1, -0.05) is 29.8 Å². The first-order chi connectivity index (χ1) is 8.74. The number of nitrogens with zero attached hydrogens (tertiary/aromatic N) is 2. The van der Waals surface area contributed by atoms with E-state index in [1.807, 2.05) is 6.07 Å². The molecule has 1 aromatic heterocycles. The molecule has 0 spiro atoms. The van der Waals surface area contributed by atoms with Crippen molar-refractivity contribution in [2.75, 3.05) is 0 Å². The summed E-state index contributed by atoms with van der Waals surface area (Å²) in [4.78, 5) is 4.35. The molecule has 1 aromatic carbocycles. The third-order valence-electron chi connectivity index (χ3n) is 3.50. The van der Waals surface area contributed by atoms with Gasteiger partial charge in [0.1, 0.15) is 11.3 Å². The van der Waals surface area contributed by atoms with Crippen molar-refractivity contribution in [1.82, 2.24) is 9.55 Å². The fourth-order valence-corrected chi connectivity index (χ4v) is 2.54. The molecule has 3 heteroatoms. The fourth-order valence-electron chi connectivity index (χ4n) is 2.54. The highest BCUT2D eigenvalue weighted by molar-refractivity contribution is 5.59. The average molecular weight is 239 g/mol. The lowest BCUT2D eigenvalue weighted by Gasteiger charge is -2.22. The van der Waals surface area contributed by atoms with Crippen LogP contribution in [0.25, 0.3) is 11.3 Å². The van der Waals surface area contributed by atoms with E-state index in [1.165, 1.54) is 24.0 Å². The van der Waals surface area contributed by atoms with Crippen LogP contribution >= 0.6 is 0 Å². The maximum atomic E-state index is 7.84. The molecule has 0 bridgehead atoms. The average Bonchev–Trinajstić information content (AvgIpc) is 2.38. The summed E-state index contributed by atoms with van der Waals surface area (Å²) in [5.74, 6) is 1.06. The van der Waals surface area contributed by atoms with Gasteiger partial charge in [-0.05, 0) is 25.3 Å². The summed E-state index contributed by atoms with van der Waals surface area (Å²) in [6, 6.07) is 10.4. The zero-order valence-corrected chi connectivity index (χ0v) is 10.6. The van der Waals surface area contributed by atoms with E-state index in [9.17, 15) is 0 Å². The van der Waals surface area contributed by atoms with E-state index in [2.05, 4.69) is 40.7 Å². The smallest absolute Gasteiger partial charge is 0.148 e. The van der Waals surface area contributed by atoms with Crippen LogP contribution in [0.4, 0.5) is 0 Å². The number of aryl methyl sites for hydroxylation is 2. The van der Waals surface area contributed by atoms with E-state index in [1.54, 1.807) is 0 Å². The first-order valence-electron chi connectivity index (χ1n) is 6.46. The largest absolute Gasteiger partial charge is 0.329 e. The van der Waals surface area contributed by atoms with Gasteiger partial charge in [-0.25, -0.2) is 4.98 Å². The molecule has 0 unspecified atom stereocenters. The standard InChI is InChI=1S/C15H17N3/c1-11-5-7-12(8-6-11)13-10-14(16)17-15-4-2-3-9-18(13)15/h5-8,10,16H,2-4,9H2,1H3. The van der Waals surface area contributed by atoms with Gasteiger partial charge in [-0.3, -0.25) is 5.41 Å². The van der Waals surface area contributed by atoms with Gasteiger partial charge in [0.2, 0.25) is 0 Å². The minimum absolute atomic E-state index is 0.374. The second kappa shape index (κ2) is 4.41. The number of rotatable bonds is 1. The Kier molecular flexibility index (Phi) is 2.74. The summed E-state index contributed by atoms with van der Waals surface area (Å²) >= 11 is 0. The highest BCUT2D eigenvalue weighted by Gasteiger charge is 2.13. The molecule has 3 rings (SSSR count). The molecule has 0 atom stereocenters. The number of benzene rings is 1. The third-order valence-corrected chi connectivity index (χ3v) is 3.50. The zero-order valence-electron chi connectivity index (χ0n) is 10.6. The molecule has 0 radical (unpaired) electrons. The number of aromatic nitrogens is 2. The molecular weight excluding hydrogens is 222 g/mol. The number of fused-ring (bicyclic) bond motifs is 1. The van der Waals surface area contributed by atoms with Crippen molar-refractivity contribution in [3.63, 3.8) is 0 Å². The van der Waals surface area contributed by atoms with Crippen LogP contribution in [0.15, 0.2) is 30.3 Å². The van der Waals surface area contributed by atoms with E-state index in [-0.39, 0.29) is 0 Å². The summed E-state index contributed by atoms with van der Waals surface area (Å²) in [5.41, 5.74) is 3.95. The molecule has 1 aliphatic heterocycles. The second-order valence-corrected chi connectivity index (χ2v) is 4.92. The fraction of sp³-hybridized carbons (Fsp3) is 0.333. The van der Waals surface area contributed by atoms with Crippen molar-refractivity contribution in [2.24, 2.45) is 0 Å². The molecule has 0 saturated carbocycles. The van der Waals surface area contributed by atoms with Crippen molar-refractivity contribution >= 4 is 0 Å². The molecule has 0 aliphatic carbocycles. The van der Waals surface area contributed by atoms with Crippen LogP contribution < -0.4 is 5.49 Å². The summed E-state index contributed by atoms with van der Waals surface area (Å²) in [6.45, 7) is 3.11. The Morgan fingerprint density at radius 3 is 2.72 bits per heavy atom. The van der Waals surface area contributed by atoms with Crippen molar-refractivity contribution in [3.05, 3.63) is 47.2 Å². The zero-order chi connectivity index (χ0) is 12.5. The maximum absolute atomic E-state index is 7.84. The van der Waals surface area contributed by atoms with Gasteiger partial charge in [0.25, 0.3) is 0 Å². The first kappa shape index (κ1) is 11.2. The van der Waals surface area contributed by atoms with Gasteiger partial charge in [-0.2, -0.15) is 0 Å². The minimum Gasteiger partial charge on any atom is -0.329 e. The summed E-state index contributed by atoms with van der Waals surface area (Å²) in [7, 11) is 0. The van der Waals surface area contributed by atoms with Crippen LogP contribution in [0, 0.1) is 12.3 Å². The number of hydrogen-bond donors (Lipinski definition) is 1. The van der Waals surface area contributed by atoms with Crippen molar-refractivity contribution < 1.29 is 0 Å². The first-order valence-corrected chi connectivity index (χ1v) is 6.46. The van der Waals surface area contributed by atoms with Gasteiger partial charge in [0, 0.05) is 19.0 Å². The number of hydrogen-bond acceptors (Lipinski definition) is 2. The van der Waals surface area contributed by atoms with E-state index < -0.39 is 0 Å². The Morgan fingerprint density at radius 1 is 1.17 bits per heavy atom. The molecule has 0 saturated heterocycles. The molecule has 3 nitrogen and oxygen atoms in total. The summed E-state index contributed by atoms with van der Waals surface area (Å²) in [6.07, 6.45) is 3.38. The van der Waals surface area contributed by atoms with Gasteiger partial charge >= 0.3 is 0 Å². The molecule has 1 N–H and O–H groups in total. The SMILES string of the molecule is Cc1ccc(-c2cc(=N)nc3n2CCCC3)cc1. The minimum atomic E-state index is 0.374. The molecular formula is C15H17N3. The molecule has 2 heterocycles. The van der Waals surface area contributed by atoms with Crippen LogP contribution in [0.3, 0.4) is 0 Å². The molecule has 0 amide bonds. The Labute approximate surface area is 107 Å².